The number of nitrogens with zero attached hydrogens (tertiary/aromatic N) is 3. The molecule has 0 atom stereocenters. The molecule has 0 aliphatic carbocycles. The summed E-state index contributed by atoms with van der Waals surface area (Å²) in [5.41, 5.74) is 3.13. The van der Waals surface area contributed by atoms with Crippen molar-refractivity contribution in [2.24, 2.45) is 10.2 Å². The molecule has 0 radical (unpaired) electrons. The highest BCUT2D eigenvalue weighted by Gasteiger charge is 2.35. The monoisotopic (exact) mass is 395 g/mol. The predicted molar refractivity (Wildman–Crippen MR) is 119 cm³/mol. The Labute approximate surface area is 175 Å². The SMILES string of the molecule is CC(C)N1C(=O)C(=NN=C(C(=O)c2ccccc2)c2ccccc2)c2ccccc21. The van der Waals surface area contributed by atoms with E-state index in [1.807, 2.05) is 74.5 Å². The second kappa shape index (κ2) is 8.25. The van der Waals surface area contributed by atoms with Gasteiger partial charge in [0, 0.05) is 22.7 Å². The Bertz CT molecular complexity index is 1150. The molecular formula is C25H21N3O2. The van der Waals surface area contributed by atoms with Crippen molar-refractivity contribution in [2.75, 3.05) is 4.90 Å². The first-order chi connectivity index (χ1) is 14.6. The number of hydrogen-bond donors (Lipinski definition) is 0. The molecule has 1 heterocycles. The van der Waals surface area contributed by atoms with Crippen LogP contribution in [0.25, 0.3) is 0 Å². The number of para-hydroxylation sites is 1. The summed E-state index contributed by atoms with van der Waals surface area (Å²) in [7, 11) is 0. The van der Waals surface area contributed by atoms with Crippen LogP contribution in [0.3, 0.4) is 0 Å². The molecule has 4 rings (SSSR count). The van der Waals surface area contributed by atoms with E-state index in [1.54, 1.807) is 29.2 Å². The van der Waals surface area contributed by atoms with Crippen molar-refractivity contribution < 1.29 is 9.59 Å². The minimum atomic E-state index is -0.245. The molecule has 0 fully saturated rings. The van der Waals surface area contributed by atoms with Gasteiger partial charge in [0.25, 0.3) is 5.91 Å². The molecule has 3 aromatic carbocycles. The van der Waals surface area contributed by atoms with E-state index in [0.717, 1.165) is 11.3 Å². The summed E-state index contributed by atoms with van der Waals surface area (Å²) >= 11 is 0. The van der Waals surface area contributed by atoms with Gasteiger partial charge in [-0.3, -0.25) is 9.59 Å². The van der Waals surface area contributed by atoms with Gasteiger partial charge in [-0.05, 0) is 19.9 Å². The van der Waals surface area contributed by atoms with E-state index < -0.39 is 0 Å². The van der Waals surface area contributed by atoms with Gasteiger partial charge in [-0.25, -0.2) is 0 Å². The Hall–Kier alpha value is -3.86. The van der Waals surface area contributed by atoms with Crippen molar-refractivity contribution in [1.82, 2.24) is 0 Å². The van der Waals surface area contributed by atoms with Gasteiger partial charge in [0.05, 0.1) is 5.69 Å². The largest absolute Gasteiger partial charge is 0.304 e. The first kappa shape index (κ1) is 19.5. The van der Waals surface area contributed by atoms with Crippen LogP contribution in [0.2, 0.25) is 0 Å². The maximum atomic E-state index is 13.2. The minimum absolute atomic E-state index is 0.0186. The van der Waals surface area contributed by atoms with E-state index in [1.165, 1.54) is 0 Å². The normalized spacial score (nSPS) is 15.0. The van der Waals surface area contributed by atoms with Gasteiger partial charge in [0.15, 0.2) is 5.71 Å². The Morgan fingerprint density at radius 3 is 2.00 bits per heavy atom. The summed E-state index contributed by atoms with van der Waals surface area (Å²) < 4.78 is 0. The van der Waals surface area contributed by atoms with Crippen LogP contribution in [-0.4, -0.2) is 29.2 Å². The Kier molecular flexibility index (Phi) is 5.35. The van der Waals surface area contributed by atoms with Crippen molar-refractivity contribution in [3.63, 3.8) is 0 Å². The molecule has 1 aliphatic rings. The quantitative estimate of drug-likeness (QED) is 0.362. The molecule has 0 spiro atoms. The second-order valence-electron chi connectivity index (χ2n) is 7.24. The summed E-state index contributed by atoms with van der Waals surface area (Å²) in [5.74, 6) is -0.458. The van der Waals surface area contributed by atoms with Gasteiger partial charge in [0.2, 0.25) is 5.78 Å². The van der Waals surface area contributed by atoms with Gasteiger partial charge in [0.1, 0.15) is 5.71 Å². The number of fused-ring (bicyclic) bond motifs is 1. The average molecular weight is 395 g/mol. The number of carbonyl (C=O) groups excluding carboxylic acids is 2. The zero-order valence-electron chi connectivity index (χ0n) is 16.8. The molecule has 5 nitrogen and oxygen atoms in total. The maximum absolute atomic E-state index is 13.2. The topological polar surface area (TPSA) is 62.1 Å². The standard InChI is InChI=1S/C25H21N3O2/c1-17(2)28-21-16-10-9-15-20(21)23(25(28)30)27-26-22(18-11-5-3-6-12-18)24(29)19-13-7-4-8-14-19/h3-17H,1-2H3. The van der Waals surface area contributed by atoms with E-state index in [0.29, 0.717) is 11.1 Å². The van der Waals surface area contributed by atoms with Crippen LogP contribution in [0.4, 0.5) is 5.69 Å². The molecule has 0 saturated carbocycles. The van der Waals surface area contributed by atoms with Gasteiger partial charge < -0.3 is 4.90 Å². The number of benzene rings is 3. The molecule has 148 valence electrons. The zero-order valence-corrected chi connectivity index (χ0v) is 16.8. The summed E-state index contributed by atoms with van der Waals surface area (Å²) in [5, 5.41) is 8.60. The van der Waals surface area contributed by atoms with Gasteiger partial charge in [-0.1, -0.05) is 78.9 Å². The number of hydrogen-bond acceptors (Lipinski definition) is 4. The van der Waals surface area contributed by atoms with E-state index >= 15 is 0 Å². The number of anilines is 1. The molecular weight excluding hydrogens is 374 g/mol. The maximum Gasteiger partial charge on any atom is 0.279 e. The third-order valence-corrected chi connectivity index (χ3v) is 4.90. The molecule has 30 heavy (non-hydrogen) atoms. The van der Waals surface area contributed by atoms with Gasteiger partial charge in [-0.15, -0.1) is 10.2 Å². The van der Waals surface area contributed by atoms with Crippen molar-refractivity contribution >= 4 is 28.8 Å². The van der Waals surface area contributed by atoms with Crippen LogP contribution >= 0.6 is 0 Å². The summed E-state index contributed by atoms with van der Waals surface area (Å²) in [6.07, 6.45) is 0. The van der Waals surface area contributed by atoms with E-state index in [4.69, 9.17) is 0 Å². The Balaban J connectivity index is 1.82. The van der Waals surface area contributed by atoms with E-state index in [9.17, 15) is 9.59 Å². The van der Waals surface area contributed by atoms with Crippen molar-refractivity contribution in [3.8, 4) is 0 Å². The summed E-state index contributed by atoms with van der Waals surface area (Å²) in [6, 6.07) is 25.6. The lowest BCUT2D eigenvalue weighted by Crippen LogP contribution is -2.36. The fraction of sp³-hybridized carbons (Fsp3) is 0.120. The van der Waals surface area contributed by atoms with Crippen LogP contribution in [0.15, 0.2) is 95.1 Å². The lowest BCUT2D eigenvalue weighted by molar-refractivity contribution is -0.112. The fourth-order valence-corrected chi connectivity index (χ4v) is 3.49. The Morgan fingerprint density at radius 1 is 0.800 bits per heavy atom. The van der Waals surface area contributed by atoms with Crippen LogP contribution in [0.5, 0.6) is 0 Å². The highest BCUT2D eigenvalue weighted by atomic mass is 16.2. The smallest absolute Gasteiger partial charge is 0.279 e. The lowest BCUT2D eigenvalue weighted by atomic mass is 10.0. The number of carbonyl (C=O) groups is 2. The first-order valence-electron chi connectivity index (χ1n) is 9.81. The molecule has 5 heteroatoms. The van der Waals surface area contributed by atoms with E-state index in [2.05, 4.69) is 10.2 Å². The lowest BCUT2D eigenvalue weighted by Gasteiger charge is -2.20. The highest BCUT2D eigenvalue weighted by Crippen LogP contribution is 2.31. The molecule has 0 unspecified atom stereocenters. The molecule has 1 aliphatic heterocycles. The first-order valence-corrected chi connectivity index (χ1v) is 9.81. The molecule has 3 aromatic rings. The summed E-state index contributed by atoms with van der Waals surface area (Å²) in [4.78, 5) is 27.9. The third-order valence-electron chi connectivity index (χ3n) is 4.90. The summed E-state index contributed by atoms with van der Waals surface area (Å²) in [6.45, 7) is 3.91. The number of rotatable bonds is 5. The molecule has 0 N–H and O–H groups in total. The number of Topliss-reactive ketones (excluding diaryl/α,β-unsaturated/α-hetero) is 1. The third kappa shape index (κ3) is 3.57. The predicted octanol–water partition coefficient (Wildman–Crippen LogP) is 4.52. The van der Waals surface area contributed by atoms with Crippen molar-refractivity contribution in [1.29, 1.82) is 0 Å². The molecule has 1 amide bonds. The van der Waals surface area contributed by atoms with Crippen LogP contribution in [0.1, 0.15) is 35.3 Å². The fourth-order valence-electron chi connectivity index (χ4n) is 3.49. The van der Waals surface area contributed by atoms with E-state index in [-0.39, 0.29) is 29.2 Å². The van der Waals surface area contributed by atoms with Gasteiger partial charge >= 0.3 is 0 Å². The number of ketones is 1. The van der Waals surface area contributed by atoms with Crippen molar-refractivity contribution in [2.45, 2.75) is 19.9 Å². The Morgan fingerprint density at radius 2 is 1.37 bits per heavy atom. The molecule has 0 saturated heterocycles. The second-order valence-corrected chi connectivity index (χ2v) is 7.24. The molecule has 0 aromatic heterocycles. The molecule has 0 bridgehead atoms. The van der Waals surface area contributed by atoms with Crippen LogP contribution < -0.4 is 4.90 Å². The van der Waals surface area contributed by atoms with Crippen molar-refractivity contribution in [3.05, 3.63) is 102 Å². The van der Waals surface area contributed by atoms with Crippen LogP contribution in [0, 0.1) is 0 Å². The van der Waals surface area contributed by atoms with Gasteiger partial charge in [-0.2, -0.15) is 0 Å². The number of amides is 1. The minimum Gasteiger partial charge on any atom is -0.304 e. The van der Waals surface area contributed by atoms with Crippen LogP contribution in [-0.2, 0) is 4.79 Å². The highest BCUT2D eigenvalue weighted by molar-refractivity contribution is 6.55. The zero-order chi connectivity index (χ0) is 21.1. The average Bonchev–Trinajstić information content (AvgIpc) is 3.06.